The first-order chi connectivity index (χ1) is 9.60. The first kappa shape index (κ1) is 14.3. The lowest BCUT2D eigenvalue weighted by Gasteiger charge is -2.12. The van der Waals surface area contributed by atoms with Crippen LogP contribution < -0.4 is 0 Å². The van der Waals surface area contributed by atoms with Crippen molar-refractivity contribution in [2.75, 3.05) is 13.1 Å². The Labute approximate surface area is 118 Å². The zero-order valence-electron chi connectivity index (χ0n) is 11.6. The minimum atomic E-state index is -0.820. The van der Waals surface area contributed by atoms with E-state index in [1.54, 1.807) is 11.0 Å². The van der Waals surface area contributed by atoms with E-state index in [0.29, 0.717) is 19.5 Å². The molecule has 0 aromatic heterocycles. The molecule has 1 aliphatic rings. The van der Waals surface area contributed by atoms with Crippen LogP contribution in [0.4, 0.5) is 0 Å². The quantitative estimate of drug-likeness (QED) is 0.856. The molecule has 1 aromatic carbocycles. The molecule has 1 aliphatic heterocycles. The Morgan fingerprint density at radius 1 is 1.35 bits per heavy atom. The molecule has 2 rings (SSSR count). The van der Waals surface area contributed by atoms with Gasteiger partial charge in [-0.15, -0.1) is 0 Å². The number of carboxylic acid groups (broad SMARTS) is 1. The molecule has 4 nitrogen and oxygen atoms in total. The molecule has 20 heavy (non-hydrogen) atoms. The summed E-state index contributed by atoms with van der Waals surface area (Å²) in [6, 6.07) is 8.04. The van der Waals surface area contributed by atoms with Gasteiger partial charge in [0, 0.05) is 19.2 Å². The van der Waals surface area contributed by atoms with Crippen LogP contribution in [-0.4, -0.2) is 35.0 Å². The fourth-order valence-corrected chi connectivity index (χ4v) is 2.30. The van der Waals surface area contributed by atoms with Gasteiger partial charge in [0.1, 0.15) is 0 Å². The van der Waals surface area contributed by atoms with Crippen molar-refractivity contribution in [2.24, 2.45) is 5.92 Å². The van der Waals surface area contributed by atoms with E-state index in [1.165, 1.54) is 11.6 Å². The Balaban J connectivity index is 1.93. The van der Waals surface area contributed by atoms with Crippen molar-refractivity contribution in [3.8, 4) is 0 Å². The van der Waals surface area contributed by atoms with Gasteiger partial charge in [0.2, 0.25) is 5.91 Å². The number of amides is 1. The Morgan fingerprint density at radius 3 is 2.60 bits per heavy atom. The molecule has 1 amide bonds. The van der Waals surface area contributed by atoms with Gasteiger partial charge in [-0.3, -0.25) is 9.59 Å². The van der Waals surface area contributed by atoms with Crippen molar-refractivity contribution in [1.82, 2.24) is 4.90 Å². The second-order valence-electron chi connectivity index (χ2n) is 5.04. The Hall–Kier alpha value is -2.10. The second-order valence-corrected chi connectivity index (χ2v) is 5.04. The van der Waals surface area contributed by atoms with Crippen molar-refractivity contribution >= 4 is 18.0 Å². The van der Waals surface area contributed by atoms with Gasteiger partial charge >= 0.3 is 5.97 Å². The monoisotopic (exact) mass is 273 g/mol. The highest BCUT2D eigenvalue weighted by atomic mass is 16.4. The fourth-order valence-electron chi connectivity index (χ4n) is 2.30. The van der Waals surface area contributed by atoms with Crippen LogP contribution in [0.2, 0.25) is 0 Å². The van der Waals surface area contributed by atoms with Crippen LogP contribution in [0.1, 0.15) is 24.5 Å². The SMILES string of the molecule is CCc1ccc(C=CC(=O)N2CCC(C(=O)O)C2)cc1. The van der Waals surface area contributed by atoms with E-state index in [9.17, 15) is 9.59 Å². The van der Waals surface area contributed by atoms with Gasteiger partial charge in [-0.2, -0.15) is 0 Å². The normalized spacial score (nSPS) is 18.6. The number of carbonyl (C=O) groups is 2. The van der Waals surface area contributed by atoms with E-state index >= 15 is 0 Å². The smallest absolute Gasteiger partial charge is 0.308 e. The third-order valence-electron chi connectivity index (χ3n) is 3.66. The van der Waals surface area contributed by atoms with Gasteiger partial charge in [-0.25, -0.2) is 0 Å². The molecule has 1 saturated heterocycles. The van der Waals surface area contributed by atoms with E-state index < -0.39 is 11.9 Å². The number of aliphatic carboxylic acids is 1. The summed E-state index contributed by atoms with van der Waals surface area (Å²) < 4.78 is 0. The van der Waals surface area contributed by atoms with Gasteiger partial charge in [0.05, 0.1) is 5.92 Å². The largest absolute Gasteiger partial charge is 0.481 e. The first-order valence-corrected chi connectivity index (χ1v) is 6.89. The number of rotatable bonds is 4. The van der Waals surface area contributed by atoms with Crippen LogP contribution in [-0.2, 0) is 16.0 Å². The zero-order chi connectivity index (χ0) is 14.5. The van der Waals surface area contributed by atoms with Crippen molar-refractivity contribution in [3.63, 3.8) is 0 Å². The molecule has 0 saturated carbocycles. The highest BCUT2D eigenvalue weighted by Gasteiger charge is 2.29. The number of carbonyl (C=O) groups excluding carboxylic acids is 1. The number of benzene rings is 1. The lowest BCUT2D eigenvalue weighted by atomic mass is 10.1. The van der Waals surface area contributed by atoms with E-state index in [2.05, 4.69) is 6.92 Å². The predicted molar refractivity (Wildman–Crippen MR) is 77.2 cm³/mol. The van der Waals surface area contributed by atoms with Crippen molar-refractivity contribution in [2.45, 2.75) is 19.8 Å². The molecule has 1 N–H and O–H groups in total. The van der Waals surface area contributed by atoms with Gasteiger partial charge in [-0.1, -0.05) is 31.2 Å². The summed E-state index contributed by atoms with van der Waals surface area (Å²) in [5, 5.41) is 8.91. The number of carboxylic acids is 1. The molecule has 1 aromatic rings. The third-order valence-corrected chi connectivity index (χ3v) is 3.66. The number of hydrogen-bond acceptors (Lipinski definition) is 2. The fraction of sp³-hybridized carbons (Fsp3) is 0.375. The van der Waals surface area contributed by atoms with Gasteiger partial charge in [0.25, 0.3) is 0 Å². The molecule has 0 spiro atoms. The minimum Gasteiger partial charge on any atom is -0.481 e. The highest BCUT2D eigenvalue weighted by molar-refractivity contribution is 5.92. The maximum absolute atomic E-state index is 12.0. The molecule has 4 heteroatoms. The summed E-state index contributed by atoms with van der Waals surface area (Å²) in [6.07, 6.45) is 4.83. The average Bonchev–Trinajstić information content (AvgIpc) is 2.95. The third kappa shape index (κ3) is 3.47. The zero-order valence-corrected chi connectivity index (χ0v) is 11.6. The molecule has 0 bridgehead atoms. The summed E-state index contributed by atoms with van der Waals surface area (Å²) in [4.78, 5) is 24.4. The number of likely N-dealkylation sites (tertiary alicyclic amines) is 1. The van der Waals surface area contributed by atoms with E-state index in [4.69, 9.17) is 5.11 Å². The minimum absolute atomic E-state index is 0.117. The molecule has 1 heterocycles. The second kappa shape index (κ2) is 6.37. The number of hydrogen-bond donors (Lipinski definition) is 1. The Morgan fingerprint density at radius 2 is 2.05 bits per heavy atom. The summed E-state index contributed by atoms with van der Waals surface area (Å²) in [5.41, 5.74) is 2.24. The van der Waals surface area contributed by atoms with Crippen LogP contribution in [0.15, 0.2) is 30.3 Å². The molecule has 1 unspecified atom stereocenters. The summed E-state index contributed by atoms with van der Waals surface area (Å²) in [6.45, 7) is 2.93. The molecule has 0 aliphatic carbocycles. The molecule has 0 radical (unpaired) electrons. The van der Waals surface area contributed by atoms with Crippen LogP contribution >= 0.6 is 0 Å². The van der Waals surface area contributed by atoms with Crippen molar-refractivity contribution in [3.05, 3.63) is 41.5 Å². The number of nitrogens with zero attached hydrogens (tertiary/aromatic N) is 1. The molecule has 1 atom stereocenters. The van der Waals surface area contributed by atoms with E-state index in [-0.39, 0.29) is 5.91 Å². The molecular formula is C16H19NO3. The standard InChI is InChI=1S/C16H19NO3/c1-2-12-3-5-13(6-4-12)7-8-15(18)17-10-9-14(11-17)16(19)20/h3-8,14H,2,9-11H2,1H3,(H,19,20). The van der Waals surface area contributed by atoms with E-state index in [0.717, 1.165) is 12.0 Å². The van der Waals surface area contributed by atoms with Gasteiger partial charge in [0.15, 0.2) is 0 Å². The summed E-state index contributed by atoms with van der Waals surface area (Å²) >= 11 is 0. The lowest BCUT2D eigenvalue weighted by molar-refractivity contribution is -0.141. The maximum Gasteiger partial charge on any atom is 0.308 e. The summed E-state index contributed by atoms with van der Waals surface area (Å²) in [5.74, 6) is -1.36. The predicted octanol–water partition coefficient (Wildman–Crippen LogP) is 2.20. The van der Waals surface area contributed by atoms with Crippen molar-refractivity contribution < 1.29 is 14.7 Å². The van der Waals surface area contributed by atoms with Gasteiger partial charge in [-0.05, 0) is 30.0 Å². The first-order valence-electron chi connectivity index (χ1n) is 6.89. The lowest BCUT2D eigenvalue weighted by Crippen LogP contribution is -2.28. The van der Waals surface area contributed by atoms with Crippen LogP contribution in [0, 0.1) is 5.92 Å². The van der Waals surface area contributed by atoms with Crippen LogP contribution in [0.3, 0.4) is 0 Å². The Kier molecular flexibility index (Phi) is 4.56. The van der Waals surface area contributed by atoms with E-state index in [1.807, 2.05) is 24.3 Å². The van der Waals surface area contributed by atoms with Crippen LogP contribution in [0.25, 0.3) is 6.08 Å². The Bertz CT molecular complexity index is 519. The number of aryl methyl sites for hydroxylation is 1. The highest BCUT2D eigenvalue weighted by Crippen LogP contribution is 2.17. The molecule has 106 valence electrons. The summed E-state index contributed by atoms with van der Waals surface area (Å²) in [7, 11) is 0. The van der Waals surface area contributed by atoms with Crippen LogP contribution in [0.5, 0.6) is 0 Å². The van der Waals surface area contributed by atoms with Gasteiger partial charge < -0.3 is 10.0 Å². The average molecular weight is 273 g/mol. The molecule has 1 fully saturated rings. The van der Waals surface area contributed by atoms with Crippen molar-refractivity contribution in [1.29, 1.82) is 0 Å². The topological polar surface area (TPSA) is 57.6 Å². The maximum atomic E-state index is 12.0. The molecular weight excluding hydrogens is 254 g/mol.